The average Bonchev–Trinajstić information content (AvgIpc) is 2.33. The summed E-state index contributed by atoms with van der Waals surface area (Å²) in [6.45, 7) is -0.800. The Labute approximate surface area is 83.7 Å². The van der Waals surface area contributed by atoms with E-state index in [1.165, 1.54) is 0 Å². The summed E-state index contributed by atoms with van der Waals surface area (Å²) < 4.78 is 24.3. The summed E-state index contributed by atoms with van der Waals surface area (Å²) in [5, 5.41) is 18.0. The van der Waals surface area contributed by atoms with Crippen molar-refractivity contribution in [2.75, 3.05) is 6.61 Å². The van der Waals surface area contributed by atoms with Gasteiger partial charge in [-0.3, -0.25) is 0 Å². The molecule has 6 heteroatoms. The van der Waals surface area contributed by atoms with Crippen LogP contribution < -0.4 is 34.7 Å². The van der Waals surface area contributed by atoms with Crippen LogP contribution in [0.15, 0.2) is 0 Å². The molecule has 0 unspecified atom stereocenters. The summed E-state index contributed by atoms with van der Waals surface area (Å²) in [5.74, 6) is -8.26. The van der Waals surface area contributed by atoms with Crippen molar-refractivity contribution in [3.8, 4) is 0 Å². The van der Waals surface area contributed by atoms with Crippen LogP contribution in [0.4, 0.5) is 8.78 Å². The molecular weight excluding hydrogens is 169 g/mol. The van der Waals surface area contributed by atoms with Gasteiger partial charge in [0.05, 0.1) is 24.4 Å². The summed E-state index contributed by atoms with van der Waals surface area (Å²) in [7, 11) is 0. The molecule has 11 heavy (non-hydrogen) atoms. The summed E-state index contributed by atoms with van der Waals surface area (Å²) in [6, 6.07) is 0. The molecule has 1 aliphatic rings. The summed E-state index contributed by atoms with van der Waals surface area (Å²) in [6.07, 6.45) is 0. The maximum absolute atomic E-state index is 12.1. The third-order valence-electron chi connectivity index (χ3n) is 1.65. The number of carboxylic acid groups (broad SMARTS) is 1. The van der Waals surface area contributed by atoms with Crippen molar-refractivity contribution < 1.29 is 53.3 Å². The monoisotopic (exact) mass is 174 g/mol. The van der Waals surface area contributed by atoms with E-state index >= 15 is 0 Å². The predicted molar refractivity (Wildman–Crippen MR) is 24.0 cm³/mol. The van der Waals surface area contributed by atoms with E-state index in [1.807, 2.05) is 0 Å². The third-order valence-corrected chi connectivity index (χ3v) is 1.65. The number of alkyl halides is 2. The molecule has 0 bridgehead atoms. The minimum absolute atomic E-state index is 0. The van der Waals surface area contributed by atoms with Gasteiger partial charge in [-0.1, -0.05) is 0 Å². The first-order valence-corrected chi connectivity index (χ1v) is 2.71. The Balaban J connectivity index is 0.000001000. The Kier molecular flexibility index (Phi) is 3.43. The molecule has 0 radical (unpaired) electrons. The van der Waals surface area contributed by atoms with Gasteiger partial charge in [0.2, 0.25) is 0 Å². The Bertz CT molecular complexity index is 173. The van der Waals surface area contributed by atoms with Crippen molar-refractivity contribution in [2.45, 2.75) is 5.92 Å². The van der Waals surface area contributed by atoms with Crippen LogP contribution >= 0.6 is 0 Å². The molecule has 3 nitrogen and oxygen atoms in total. The van der Waals surface area contributed by atoms with Crippen molar-refractivity contribution >= 4 is 5.97 Å². The van der Waals surface area contributed by atoms with Crippen LogP contribution in [0.5, 0.6) is 0 Å². The summed E-state index contributed by atoms with van der Waals surface area (Å²) in [4.78, 5) is 9.84. The van der Waals surface area contributed by atoms with E-state index in [2.05, 4.69) is 0 Å². The molecule has 1 saturated carbocycles. The van der Waals surface area contributed by atoms with Gasteiger partial charge in [-0.2, -0.15) is 0 Å². The molecule has 0 amide bonds. The zero-order valence-corrected chi connectivity index (χ0v) is 7.88. The number of aliphatic carboxylic acids is 1. The first kappa shape index (κ1) is 11.3. The van der Waals surface area contributed by atoms with Crippen LogP contribution in [-0.2, 0) is 4.79 Å². The quantitative estimate of drug-likeness (QED) is 0.430. The number of hydrogen-bond acceptors (Lipinski definition) is 3. The predicted octanol–water partition coefficient (Wildman–Crippen LogP) is -4.39. The fourth-order valence-electron chi connectivity index (χ4n) is 0.939. The van der Waals surface area contributed by atoms with Gasteiger partial charge < -0.3 is 15.0 Å². The Morgan fingerprint density at radius 3 is 2.18 bits per heavy atom. The molecule has 1 N–H and O–H groups in total. The molecule has 0 aromatic carbocycles. The van der Waals surface area contributed by atoms with E-state index in [4.69, 9.17) is 5.11 Å². The second-order valence-electron chi connectivity index (χ2n) is 2.26. The number of carbonyl (C=O) groups excluding carboxylic acids is 1. The molecule has 0 heterocycles. The fourth-order valence-corrected chi connectivity index (χ4v) is 0.939. The molecule has 2 atom stereocenters. The van der Waals surface area contributed by atoms with Crippen molar-refractivity contribution in [1.29, 1.82) is 0 Å². The van der Waals surface area contributed by atoms with Gasteiger partial charge in [0.1, 0.15) is 0 Å². The topological polar surface area (TPSA) is 60.4 Å². The number of aliphatic hydroxyl groups is 1. The van der Waals surface area contributed by atoms with Gasteiger partial charge in [-0.15, -0.1) is 0 Å². The zero-order valence-electron chi connectivity index (χ0n) is 5.88. The van der Waals surface area contributed by atoms with Crippen molar-refractivity contribution in [3.05, 3.63) is 0 Å². The van der Waals surface area contributed by atoms with Crippen molar-refractivity contribution in [1.82, 2.24) is 0 Å². The largest absolute Gasteiger partial charge is 1.00 e. The average molecular weight is 174 g/mol. The van der Waals surface area contributed by atoms with E-state index in [9.17, 15) is 18.7 Å². The zero-order chi connectivity index (χ0) is 7.94. The SMILES string of the molecule is O=C([O-])[C@@H]1[C@@H](CO)C1(F)F.[Na+]. The molecule has 0 aromatic heterocycles. The number of halogens is 2. The number of carbonyl (C=O) groups is 1. The maximum atomic E-state index is 12.1. The van der Waals surface area contributed by atoms with Crippen LogP contribution in [-0.4, -0.2) is 23.6 Å². The van der Waals surface area contributed by atoms with Gasteiger partial charge in [-0.05, 0) is 0 Å². The number of hydrogen-bond donors (Lipinski definition) is 1. The molecule has 0 spiro atoms. The van der Waals surface area contributed by atoms with E-state index in [1.54, 1.807) is 0 Å². The summed E-state index contributed by atoms with van der Waals surface area (Å²) in [5.41, 5.74) is 0. The van der Waals surface area contributed by atoms with Crippen LogP contribution in [0.25, 0.3) is 0 Å². The second kappa shape index (κ2) is 3.35. The van der Waals surface area contributed by atoms with Gasteiger partial charge in [0.25, 0.3) is 5.92 Å². The molecule has 58 valence electrons. The van der Waals surface area contributed by atoms with Gasteiger partial charge >= 0.3 is 29.6 Å². The molecular formula is C5H5F2NaO3. The van der Waals surface area contributed by atoms with Crippen molar-refractivity contribution in [3.63, 3.8) is 0 Å². The minimum Gasteiger partial charge on any atom is -0.550 e. The molecule has 1 fully saturated rings. The van der Waals surface area contributed by atoms with Crippen LogP contribution in [0, 0.1) is 11.8 Å². The normalized spacial score (nSPS) is 32.3. The van der Waals surface area contributed by atoms with E-state index in [0.29, 0.717) is 0 Å². The third kappa shape index (κ3) is 1.72. The van der Waals surface area contributed by atoms with Gasteiger partial charge in [0, 0.05) is 0 Å². The molecule has 0 aliphatic heterocycles. The van der Waals surface area contributed by atoms with E-state index in [-0.39, 0.29) is 29.6 Å². The van der Waals surface area contributed by atoms with Gasteiger partial charge in [0.15, 0.2) is 0 Å². The fraction of sp³-hybridized carbons (Fsp3) is 0.800. The number of carboxylic acids is 1. The smallest absolute Gasteiger partial charge is 0.550 e. The van der Waals surface area contributed by atoms with Crippen LogP contribution in [0.2, 0.25) is 0 Å². The molecule has 1 rings (SSSR count). The molecule has 0 saturated heterocycles. The molecule has 0 aromatic rings. The first-order chi connectivity index (χ1) is 4.51. The molecule has 1 aliphatic carbocycles. The number of aliphatic hydroxyl groups excluding tert-OH is 1. The van der Waals surface area contributed by atoms with Gasteiger partial charge in [-0.25, -0.2) is 8.78 Å². The first-order valence-electron chi connectivity index (χ1n) is 2.71. The number of rotatable bonds is 2. The van der Waals surface area contributed by atoms with E-state index < -0.39 is 30.3 Å². The van der Waals surface area contributed by atoms with E-state index in [0.717, 1.165) is 0 Å². The van der Waals surface area contributed by atoms with Crippen LogP contribution in [0.1, 0.15) is 0 Å². The Morgan fingerprint density at radius 1 is 1.64 bits per heavy atom. The standard InChI is InChI=1S/C5H6F2O3.Na/c6-5(7)2(1-8)3(5)4(9)10;/h2-3,8H,1H2,(H,9,10);/q;+1/p-1/t2-,3+;/m1./s1. The minimum atomic E-state index is -3.26. The maximum Gasteiger partial charge on any atom is 1.00 e. The van der Waals surface area contributed by atoms with Crippen LogP contribution in [0.3, 0.4) is 0 Å². The Morgan fingerprint density at radius 2 is 2.09 bits per heavy atom. The summed E-state index contributed by atoms with van der Waals surface area (Å²) >= 11 is 0. The van der Waals surface area contributed by atoms with Crippen molar-refractivity contribution in [2.24, 2.45) is 11.8 Å². The second-order valence-corrected chi connectivity index (χ2v) is 2.26. The Hall–Kier alpha value is 0.290.